The van der Waals surface area contributed by atoms with Crippen molar-refractivity contribution in [3.8, 4) is 0 Å². The van der Waals surface area contributed by atoms with Crippen molar-refractivity contribution < 1.29 is 0 Å². The molecule has 0 spiro atoms. The van der Waals surface area contributed by atoms with E-state index in [9.17, 15) is 0 Å². The number of halogens is 2. The van der Waals surface area contributed by atoms with Crippen molar-refractivity contribution in [1.29, 1.82) is 0 Å². The summed E-state index contributed by atoms with van der Waals surface area (Å²) in [5.74, 6) is 6.56. The molecule has 0 aliphatic rings. The van der Waals surface area contributed by atoms with Gasteiger partial charge in [-0.2, -0.15) is 0 Å². The van der Waals surface area contributed by atoms with E-state index in [1.807, 2.05) is 0 Å². The van der Waals surface area contributed by atoms with Crippen LogP contribution in [-0.4, -0.2) is 16.9 Å². The van der Waals surface area contributed by atoms with Gasteiger partial charge in [-0.05, 0) is 0 Å². The van der Waals surface area contributed by atoms with Crippen LogP contribution in [0.3, 0.4) is 0 Å². The van der Waals surface area contributed by atoms with Crippen molar-refractivity contribution >= 4 is 36.5 Å². The van der Waals surface area contributed by atoms with Crippen LogP contribution in [0.1, 0.15) is 0 Å². The number of hydrogen-bond donors (Lipinski definition) is 0. The molecule has 0 aliphatic carbocycles. The Balaban J connectivity index is 3.54. The Bertz CT molecular complexity index is 55.2. The Labute approximate surface area is 57.5 Å². The van der Waals surface area contributed by atoms with E-state index in [1.54, 1.807) is 0 Å². The maximum atomic E-state index is 5.60. The van der Waals surface area contributed by atoms with E-state index in [-0.39, 0.29) is 3.67 Å². The second-order valence-electron chi connectivity index (χ2n) is 2.67. The molecule has 0 aliphatic heterocycles. The summed E-state index contributed by atoms with van der Waals surface area (Å²) in [5, 5.41) is 0. The van der Waals surface area contributed by atoms with Gasteiger partial charge in [-0.1, -0.05) is 0 Å². The molecule has 0 unspecified atom stereocenters. The van der Waals surface area contributed by atoms with E-state index in [0.29, 0.717) is 0 Å². The van der Waals surface area contributed by atoms with Crippen molar-refractivity contribution in [1.82, 2.24) is 0 Å². The molecule has 0 nitrogen and oxygen atoms in total. The summed E-state index contributed by atoms with van der Waals surface area (Å²) in [7, 11) is 0. The number of alkyl halides is 2. The molecule has 0 saturated carbocycles. The van der Waals surface area contributed by atoms with Gasteiger partial charge in [0.05, 0.1) is 0 Å². The molecular formula is C4H10Cl2Ge. The van der Waals surface area contributed by atoms with E-state index < -0.39 is 13.3 Å². The third-order valence-electron chi connectivity index (χ3n) is 0.655. The van der Waals surface area contributed by atoms with Crippen molar-refractivity contribution in [2.24, 2.45) is 0 Å². The van der Waals surface area contributed by atoms with Crippen molar-refractivity contribution in [2.45, 2.75) is 20.9 Å². The van der Waals surface area contributed by atoms with Crippen LogP contribution >= 0.6 is 23.2 Å². The van der Waals surface area contributed by atoms with E-state index >= 15 is 0 Å². The average Bonchev–Trinajstić information content (AvgIpc) is 1.31. The minimum atomic E-state index is -1.64. The third-order valence-corrected chi connectivity index (χ3v) is 10.2. The van der Waals surface area contributed by atoms with Crippen molar-refractivity contribution in [2.75, 3.05) is 0 Å². The van der Waals surface area contributed by atoms with Gasteiger partial charge >= 0.3 is 57.4 Å². The Hall–Kier alpha value is 1.12. The summed E-state index contributed by atoms with van der Waals surface area (Å²) >= 11 is 9.57. The maximum absolute atomic E-state index is 5.60. The molecule has 0 aromatic heterocycles. The van der Waals surface area contributed by atoms with E-state index in [1.165, 1.54) is 0 Å². The molecule has 0 radical (unpaired) electrons. The predicted molar refractivity (Wildman–Crippen MR) is 38.8 cm³/mol. The van der Waals surface area contributed by atoms with Crippen LogP contribution in [0.5, 0.6) is 0 Å². The topological polar surface area (TPSA) is 0 Å². The molecule has 7 heavy (non-hydrogen) atoms. The molecule has 0 amide bonds. The van der Waals surface area contributed by atoms with Crippen LogP contribution in [0.2, 0.25) is 17.3 Å². The molecule has 0 aromatic carbocycles. The Kier molecular flexibility index (Phi) is 3.02. The van der Waals surface area contributed by atoms with Gasteiger partial charge < -0.3 is 0 Å². The van der Waals surface area contributed by atoms with Crippen LogP contribution in [0.25, 0.3) is 0 Å². The molecule has 0 atom stereocenters. The number of rotatable bonds is 1. The fourth-order valence-corrected chi connectivity index (χ4v) is 0. The zero-order valence-electron chi connectivity index (χ0n) is 4.83. The van der Waals surface area contributed by atoms with Crippen LogP contribution in [0.15, 0.2) is 0 Å². The summed E-state index contributed by atoms with van der Waals surface area (Å²) in [6.45, 7) is 0. The van der Waals surface area contributed by atoms with Gasteiger partial charge in [0, 0.05) is 0 Å². The van der Waals surface area contributed by atoms with Crippen LogP contribution in [-0.2, 0) is 0 Å². The second kappa shape index (κ2) is 2.61. The second-order valence-corrected chi connectivity index (χ2v) is 16.4. The van der Waals surface area contributed by atoms with Crippen LogP contribution in [0, 0.1) is 0 Å². The molecule has 0 bridgehead atoms. The van der Waals surface area contributed by atoms with Crippen molar-refractivity contribution in [3.05, 3.63) is 0 Å². The first-order valence-electron chi connectivity index (χ1n) is 2.23. The fraction of sp³-hybridized carbons (Fsp3) is 1.00. The van der Waals surface area contributed by atoms with E-state index in [0.717, 1.165) is 0 Å². The molecule has 0 aromatic rings. The van der Waals surface area contributed by atoms with E-state index in [4.69, 9.17) is 23.2 Å². The van der Waals surface area contributed by atoms with Crippen LogP contribution < -0.4 is 0 Å². The monoisotopic (exact) mass is 202 g/mol. The Morgan fingerprint density at radius 3 is 1.29 bits per heavy atom. The van der Waals surface area contributed by atoms with E-state index in [2.05, 4.69) is 17.3 Å². The fourth-order valence-electron chi connectivity index (χ4n) is 0. The molecular weight excluding hydrogens is 192 g/mol. The Morgan fingerprint density at radius 2 is 1.29 bits per heavy atom. The van der Waals surface area contributed by atoms with Gasteiger partial charge in [-0.25, -0.2) is 0 Å². The molecule has 0 rings (SSSR count). The van der Waals surface area contributed by atoms with Gasteiger partial charge in [0.25, 0.3) is 0 Å². The zero-order chi connectivity index (χ0) is 6.08. The standard InChI is InChI=1S/C4H10Cl2Ge/c1-7(2,3)4(5)6/h4H,1-3H3. The average molecular weight is 202 g/mol. The normalized spacial score (nSPS) is 12.9. The molecule has 0 fully saturated rings. The molecule has 0 N–H and O–H groups in total. The first kappa shape index (κ1) is 8.12. The first-order valence-corrected chi connectivity index (χ1v) is 10.6. The first-order chi connectivity index (χ1) is 2.94. The summed E-state index contributed by atoms with van der Waals surface area (Å²) in [4.78, 5) is 0. The summed E-state index contributed by atoms with van der Waals surface area (Å²) in [6.07, 6.45) is 0. The summed E-state index contributed by atoms with van der Waals surface area (Å²) in [5.41, 5.74) is 0. The minimum absolute atomic E-state index is 0.0694. The molecule has 44 valence electrons. The molecule has 0 heterocycles. The van der Waals surface area contributed by atoms with Gasteiger partial charge in [0.2, 0.25) is 0 Å². The summed E-state index contributed by atoms with van der Waals surface area (Å²) < 4.78 is -0.0694. The molecule has 0 saturated heterocycles. The van der Waals surface area contributed by atoms with Gasteiger partial charge in [0.1, 0.15) is 0 Å². The molecule has 3 heteroatoms. The zero-order valence-corrected chi connectivity index (χ0v) is 8.44. The van der Waals surface area contributed by atoms with Crippen molar-refractivity contribution in [3.63, 3.8) is 0 Å². The quantitative estimate of drug-likeness (QED) is 0.452. The number of hydrogen-bond acceptors (Lipinski definition) is 0. The van der Waals surface area contributed by atoms with Gasteiger partial charge in [0.15, 0.2) is 0 Å². The summed E-state index contributed by atoms with van der Waals surface area (Å²) in [6, 6.07) is 0. The Morgan fingerprint density at radius 1 is 1.14 bits per heavy atom. The van der Waals surface area contributed by atoms with Crippen LogP contribution in [0.4, 0.5) is 0 Å². The van der Waals surface area contributed by atoms with Gasteiger partial charge in [-0.15, -0.1) is 0 Å². The van der Waals surface area contributed by atoms with Gasteiger partial charge in [-0.3, -0.25) is 0 Å². The SMILES string of the molecule is [CH3][Ge]([CH3])([CH3])[CH](Cl)Cl. The third kappa shape index (κ3) is 3.68. The predicted octanol–water partition coefficient (Wildman–Crippen LogP) is 2.67.